The Morgan fingerprint density at radius 3 is 0.659 bits per heavy atom. The zero-order chi connectivity index (χ0) is 30.9. The van der Waals surface area contributed by atoms with Crippen molar-refractivity contribution in [2.75, 3.05) is 0 Å². The maximum Gasteiger partial charge on any atom is 4.00 e. The Balaban J connectivity index is 0.000000516. The molecule has 0 saturated heterocycles. The minimum atomic E-state index is -0.287. The molecule has 0 spiro atoms. The van der Waals surface area contributed by atoms with E-state index in [0.717, 1.165) is 0 Å². The minimum absolute atomic E-state index is 0. The van der Waals surface area contributed by atoms with Gasteiger partial charge in [-0.2, -0.15) is 11.4 Å². The molecular formula is C36H44F2N2Th+2. The van der Waals surface area contributed by atoms with Crippen molar-refractivity contribution in [2.24, 2.45) is 0 Å². The largest absolute Gasteiger partial charge is 4.00 e. The second kappa shape index (κ2) is 18.6. The zero-order valence-electron chi connectivity index (χ0n) is 26.8. The second-order valence-electron chi connectivity index (χ2n) is 10.4. The fraction of sp³-hybridized carbons (Fsp3) is 0.333. The van der Waals surface area contributed by atoms with Gasteiger partial charge in [-0.05, 0) is 94.6 Å². The molecule has 0 aromatic heterocycles. The van der Waals surface area contributed by atoms with Crippen molar-refractivity contribution in [3.05, 3.63) is 141 Å². The Morgan fingerprint density at radius 1 is 0.390 bits per heavy atom. The third-order valence-corrected chi connectivity index (χ3v) is 8.15. The Labute approximate surface area is 282 Å². The standard InChI is InChI=1S/2C10H15.2C8H7FN.Th/c2*1-6-7(2)9(4)10(5)8(6)3;2*1-6(10)7-2-4-8(9)5-3-7;/h2*1-5H3;2*2-5H,1H3;/q;;2*-1;+4. The molecule has 2 nitrogen and oxygen atoms in total. The fourth-order valence-corrected chi connectivity index (χ4v) is 4.19. The van der Waals surface area contributed by atoms with Crippen molar-refractivity contribution in [3.63, 3.8) is 0 Å². The molecule has 0 unspecified atom stereocenters. The van der Waals surface area contributed by atoms with Crippen LogP contribution in [0.2, 0.25) is 0 Å². The van der Waals surface area contributed by atoms with E-state index in [1.165, 1.54) is 108 Å². The smallest absolute Gasteiger partial charge is 0.807 e. The van der Waals surface area contributed by atoms with Crippen LogP contribution in [-0.2, 0) is 0 Å². The summed E-state index contributed by atoms with van der Waals surface area (Å²) in [6, 6.07) is 11.4. The Kier molecular flexibility index (Phi) is 18.1. The molecule has 2 saturated carbocycles. The van der Waals surface area contributed by atoms with Crippen LogP contribution in [0.4, 0.5) is 8.78 Å². The van der Waals surface area contributed by atoms with Crippen LogP contribution >= 0.6 is 0 Å². The van der Waals surface area contributed by atoms with Crippen LogP contribution < -0.4 is 0 Å². The van der Waals surface area contributed by atoms with Gasteiger partial charge in [0, 0.05) is 0 Å². The summed E-state index contributed by atoms with van der Waals surface area (Å²) >= 11 is 0. The molecule has 0 amide bonds. The summed E-state index contributed by atoms with van der Waals surface area (Å²) in [5.41, 5.74) is 1.72. The SMILES string of the molecule is CC(=[N-])c1ccc(F)cc1.CC(=[N-])c1ccc(F)cc1.C[C]1[C](C)[C](C)[C](C)[C]1C.C[C]1[C](C)[C](C)[C](C)[C]1C.[Th+4]. The molecular weight excluding hydrogens is 730 g/mol. The molecule has 10 radical (unpaired) electrons. The van der Waals surface area contributed by atoms with Gasteiger partial charge < -0.3 is 10.8 Å². The number of halogens is 2. The first-order chi connectivity index (χ1) is 18.5. The molecule has 4 rings (SSSR count). The van der Waals surface area contributed by atoms with Crippen molar-refractivity contribution in [1.29, 1.82) is 0 Å². The molecule has 41 heavy (non-hydrogen) atoms. The van der Waals surface area contributed by atoms with Crippen LogP contribution in [-0.4, -0.2) is 11.4 Å². The molecule has 214 valence electrons. The molecule has 0 atom stereocenters. The van der Waals surface area contributed by atoms with Gasteiger partial charge in [0.1, 0.15) is 11.6 Å². The van der Waals surface area contributed by atoms with Gasteiger partial charge in [0.15, 0.2) is 0 Å². The van der Waals surface area contributed by atoms with Crippen molar-refractivity contribution in [2.45, 2.75) is 83.1 Å². The van der Waals surface area contributed by atoms with Crippen molar-refractivity contribution >= 4 is 11.4 Å². The molecule has 0 aliphatic heterocycles. The fourth-order valence-electron chi connectivity index (χ4n) is 4.19. The maximum atomic E-state index is 12.3. The topological polar surface area (TPSA) is 44.6 Å². The van der Waals surface area contributed by atoms with E-state index in [-0.39, 0.29) is 63.0 Å². The van der Waals surface area contributed by atoms with E-state index in [9.17, 15) is 8.78 Å². The Morgan fingerprint density at radius 2 is 0.537 bits per heavy atom. The van der Waals surface area contributed by atoms with E-state index in [4.69, 9.17) is 10.8 Å². The molecule has 2 aliphatic carbocycles. The van der Waals surface area contributed by atoms with E-state index in [2.05, 4.69) is 69.2 Å². The zero-order valence-corrected chi connectivity index (χ0v) is 30.9. The van der Waals surface area contributed by atoms with E-state index >= 15 is 0 Å². The molecule has 0 bridgehead atoms. The molecule has 2 aromatic carbocycles. The molecule has 0 N–H and O–H groups in total. The van der Waals surface area contributed by atoms with Gasteiger partial charge in [0.2, 0.25) is 0 Å². The van der Waals surface area contributed by atoms with Crippen LogP contribution in [0, 0.1) is 111 Å². The summed E-state index contributed by atoms with van der Waals surface area (Å²) in [4.78, 5) is 0. The quantitative estimate of drug-likeness (QED) is 0.273. The molecule has 2 aromatic rings. The summed E-state index contributed by atoms with van der Waals surface area (Å²) in [5.74, 6) is 14.1. The van der Waals surface area contributed by atoms with Gasteiger partial charge in [-0.1, -0.05) is 107 Å². The van der Waals surface area contributed by atoms with Gasteiger partial charge in [0.25, 0.3) is 0 Å². The normalized spacial score (nSPS) is 18.5. The molecule has 2 fully saturated rings. The Hall–Kier alpha value is -1.04. The van der Waals surface area contributed by atoms with E-state index in [0.29, 0.717) is 11.1 Å². The third-order valence-electron chi connectivity index (χ3n) is 8.15. The number of hydrogen-bond donors (Lipinski definition) is 0. The summed E-state index contributed by atoms with van der Waals surface area (Å²) < 4.78 is 24.5. The van der Waals surface area contributed by atoms with E-state index in [1.807, 2.05) is 0 Å². The van der Waals surface area contributed by atoms with Gasteiger partial charge in [-0.15, -0.1) is 0 Å². The summed E-state index contributed by atoms with van der Waals surface area (Å²) in [5, 5.41) is 17.8. The van der Waals surface area contributed by atoms with Crippen molar-refractivity contribution in [1.82, 2.24) is 0 Å². The average Bonchev–Trinajstić information content (AvgIpc) is 3.20. The van der Waals surface area contributed by atoms with Gasteiger partial charge in [-0.3, -0.25) is 0 Å². The van der Waals surface area contributed by atoms with Crippen LogP contribution in [0.25, 0.3) is 10.8 Å². The van der Waals surface area contributed by atoms with E-state index in [1.54, 1.807) is 13.8 Å². The first-order valence-corrected chi connectivity index (χ1v) is 13.5. The number of benzene rings is 2. The second-order valence-corrected chi connectivity index (χ2v) is 10.4. The number of rotatable bonds is 2. The van der Waals surface area contributed by atoms with Gasteiger partial charge >= 0.3 is 39.9 Å². The first kappa shape index (κ1) is 40.0. The molecule has 5 heteroatoms. The first-order valence-electron chi connectivity index (χ1n) is 13.5. The molecule has 2 aliphatic rings. The van der Waals surface area contributed by atoms with Gasteiger partial charge in [0.05, 0.1) is 0 Å². The summed E-state index contributed by atoms with van der Waals surface area (Å²) in [7, 11) is 0. The average molecular weight is 775 g/mol. The van der Waals surface area contributed by atoms with Crippen LogP contribution in [0.3, 0.4) is 0 Å². The van der Waals surface area contributed by atoms with Crippen molar-refractivity contribution in [3.8, 4) is 0 Å². The van der Waals surface area contributed by atoms with Crippen LogP contribution in [0.1, 0.15) is 94.2 Å². The van der Waals surface area contributed by atoms with Gasteiger partial charge in [-0.25, -0.2) is 8.78 Å². The monoisotopic (exact) mass is 774 g/mol. The number of nitrogens with zero attached hydrogens (tertiary/aromatic N) is 2. The third kappa shape index (κ3) is 11.9. The van der Waals surface area contributed by atoms with Crippen LogP contribution in [0.5, 0.6) is 0 Å². The van der Waals surface area contributed by atoms with Crippen molar-refractivity contribution < 1.29 is 48.7 Å². The predicted octanol–water partition coefficient (Wildman–Crippen LogP) is 10.4. The maximum absolute atomic E-state index is 12.3. The predicted molar refractivity (Wildman–Crippen MR) is 168 cm³/mol. The Bertz CT molecular complexity index is 877. The molecule has 0 heterocycles. The van der Waals surface area contributed by atoms with E-state index < -0.39 is 0 Å². The minimum Gasteiger partial charge on any atom is -0.807 e. The van der Waals surface area contributed by atoms with Crippen LogP contribution in [0.15, 0.2) is 48.5 Å². The summed E-state index contributed by atoms with van der Waals surface area (Å²) in [6.45, 7) is 25.1. The number of hydrogen-bond acceptors (Lipinski definition) is 0. The summed E-state index contributed by atoms with van der Waals surface area (Å²) in [6.07, 6.45) is 0.